The Morgan fingerprint density at radius 1 is 1.28 bits per heavy atom. The average Bonchev–Trinajstić information content (AvgIpc) is 3.38. The molecule has 2 heterocycles. The summed E-state index contributed by atoms with van der Waals surface area (Å²) in [6.07, 6.45) is 2.26. The van der Waals surface area contributed by atoms with E-state index in [0.29, 0.717) is 31.1 Å². The first-order valence-electron chi connectivity index (χ1n) is 9.84. The molecule has 3 N–H and O–H groups in total. The van der Waals surface area contributed by atoms with E-state index >= 15 is 0 Å². The number of guanidine groups is 1. The van der Waals surface area contributed by atoms with Gasteiger partial charge in [0.25, 0.3) is 0 Å². The highest BCUT2D eigenvalue weighted by Gasteiger charge is 2.09. The van der Waals surface area contributed by atoms with Gasteiger partial charge in [0.15, 0.2) is 11.7 Å². The van der Waals surface area contributed by atoms with Crippen LogP contribution in [0.4, 0.5) is 0 Å². The van der Waals surface area contributed by atoms with Crippen LogP contribution in [0.15, 0.2) is 52.1 Å². The SMILES string of the molecule is CCNC(=NCC(C)Oc1cccc(C)c1)NCCc1nc(-c2ccco2)n[nH]1. The zero-order valence-electron chi connectivity index (χ0n) is 17.1. The Hall–Kier alpha value is -3.29. The molecule has 0 saturated carbocycles. The van der Waals surface area contributed by atoms with Crippen LogP contribution in [0, 0.1) is 6.92 Å². The number of H-pyrrole nitrogens is 1. The van der Waals surface area contributed by atoms with Crippen LogP contribution in [-0.2, 0) is 6.42 Å². The van der Waals surface area contributed by atoms with E-state index in [0.717, 1.165) is 24.1 Å². The topological polar surface area (TPSA) is 100 Å². The maximum atomic E-state index is 5.94. The normalized spacial score (nSPS) is 12.6. The molecule has 1 atom stereocenters. The van der Waals surface area contributed by atoms with Crippen LogP contribution in [0.1, 0.15) is 25.2 Å². The highest BCUT2D eigenvalue weighted by Crippen LogP contribution is 2.15. The zero-order valence-corrected chi connectivity index (χ0v) is 17.1. The summed E-state index contributed by atoms with van der Waals surface area (Å²) < 4.78 is 11.3. The van der Waals surface area contributed by atoms with Crippen LogP contribution in [0.2, 0.25) is 0 Å². The second-order valence-electron chi connectivity index (χ2n) is 6.72. The van der Waals surface area contributed by atoms with Gasteiger partial charge in [-0.1, -0.05) is 12.1 Å². The molecule has 8 heteroatoms. The highest BCUT2D eigenvalue weighted by atomic mass is 16.5. The molecule has 0 bridgehead atoms. The third-order valence-electron chi connectivity index (χ3n) is 4.11. The molecule has 0 fully saturated rings. The Kier molecular flexibility index (Phi) is 7.27. The van der Waals surface area contributed by atoms with E-state index in [4.69, 9.17) is 9.15 Å². The average molecular weight is 396 g/mol. The Labute approximate surface area is 170 Å². The summed E-state index contributed by atoms with van der Waals surface area (Å²) in [6, 6.07) is 11.7. The van der Waals surface area contributed by atoms with Crippen molar-refractivity contribution in [1.29, 1.82) is 0 Å². The number of nitrogens with one attached hydrogen (secondary N) is 3. The maximum Gasteiger partial charge on any atom is 0.216 e. The summed E-state index contributed by atoms with van der Waals surface area (Å²) in [4.78, 5) is 9.06. The summed E-state index contributed by atoms with van der Waals surface area (Å²) in [7, 11) is 0. The van der Waals surface area contributed by atoms with E-state index in [-0.39, 0.29) is 6.10 Å². The van der Waals surface area contributed by atoms with Crippen LogP contribution < -0.4 is 15.4 Å². The molecule has 0 saturated heterocycles. The Bertz CT molecular complexity index is 904. The first kappa shape index (κ1) is 20.4. The predicted octanol–water partition coefficient (Wildman–Crippen LogP) is 2.94. The first-order valence-corrected chi connectivity index (χ1v) is 9.84. The van der Waals surface area contributed by atoms with Crippen LogP contribution in [0.3, 0.4) is 0 Å². The molecule has 3 rings (SSSR count). The quantitative estimate of drug-likeness (QED) is 0.380. The van der Waals surface area contributed by atoms with Gasteiger partial charge in [0.1, 0.15) is 17.7 Å². The molecule has 1 unspecified atom stereocenters. The van der Waals surface area contributed by atoms with Gasteiger partial charge in [-0.25, -0.2) is 9.98 Å². The van der Waals surface area contributed by atoms with Crippen LogP contribution in [0.25, 0.3) is 11.6 Å². The van der Waals surface area contributed by atoms with E-state index in [1.54, 1.807) is 6.26 Å². The first-order chi connectivity index (χ1) is 14.1. The fourth-order valence-electron chi connectivity index (χ4n) is 2.74. The molecular formula is C21H28N6O2. The molecule has 0 aliphatic heterocycles. The van der Waals surface area contributed by atoms with Gasteiger partial charge < -0.3 is 19.8 Å². The Morgan fingerprint density at radius 3 is 2.93 bits per heavy atom. The fraction of sp³-hybridized carbons (Fsp3) is 0.381. The van der Waals surface area contributed by atoms with Gasteiger partial charge in [0.05, 0.1) is 12.8 Å². The van der Waals surface area contributed by atoms with Gasteiger partial charge >= 0.3 is 0 Å². The number of aromatic amines is 1. The van der Waals surface area contributed by atoms with E-state index in [1.807, 2.05) is 44.2 Å². The van der Waals surface area contributed by atoms with E-state index < -0.39 is 0 Å². The fourth-order valence-corrected chi connectivity index (χ4v) is 2.74. The van der Waals surface area contributed by atoms with Crippen LogP contribution in [0.5, 0.6) is 5.75 Å². The lowest BCUT2D eigenvalue weighted by atomic mass is 10.2. The van der Waals surface area contributed by atoms with Crippen molar-refractivity contribution < 1.29 is 9.15 Å². The molecule has 0 amide bonds. The molecule has 0 aliphatic rings. The van der Waals surface area contributed by atoms with Gasteiger partial charge in [0, 0.05) is 19.5 Å². The van der Waals surface area contributed by atoms with E-state index in [9.17, 15) is 0 Å². The number of benzene rings is 1. The van der Waals surface area contributed by atoms with Crippen molar-refractivity contribution in [2.75, 3.05) is 19.6 Å². The van der Waals surface area contributed by atoms with Crippen molar-refractivity contribution in [1.82, 2.24) is 25.8 Å². The monoisotopic (exact) mass is 396 g/mol. The molecule has 0 aliphatic carbocycles. The molecule has 3 aromatic rings. The summed E-state index contributed by atoms with van der Waals surface area (Å²) in [5.41, 5.74) is 1.18. The smallest absolute Gasteiger partial charge is 0.216 e. The summed E-state index contributed by atoms with van der Waals surface area (Å²) in [5.74, 6) is 3.61. The number of hydrogen-bond acceptors (Lipinski definition) is 5. The lowest BCUT2D eigenvalue weighted by Gasteiger charge is -2.15. The number of ether oxygens (including phenoxy) is 1. The summed E-state index contributed by atoms with van der Waals surface area (Å²) in [5, 5.41) is 13.7. The minimum absolute atomic E-state index is 0.0302. The van der Waals surface area contributed by atoms with Gasteiger partial charge in [0.2, 0.25) is 5.82 Å². The Balaban J connectivity index is 1.47. The summed E-state index contributed by atoms with van der Waals surface area (Å²) in [6.45, 7) is 8.11. The molecule has 8 nitrogen and oxygen atoms in total. The lowest BCUT2D eigenvalue weighted by Crippen LogP contribution is -2.39. The highest BCUT2D eigenvalue weighted by molar-refractivity contribution is 5.79. The van der Waals surface area contributed by atoms with Gasteiger partial charge in [-0.05, 0) is 50.6 Å². The second kappa shape index (κ2) is 10.3. The van der Waals surface area contributed by atoms with Gasteiger partial charge in [-0.15, -0.1) is 0 Å². The number of nitrogens with zero attached hydrogens (tertiary/aromatic N) is 3. The molecule has 0 spiro atoms. The third-order valence-corrected chi connectivity index (χ3v) is 4.11. The van der Waals surface area contributed by atoms with Crippen molar-refractivity contribution in [2.24, 2.45) is 4.99 Å². The zero-order chi connectivity index (χ0) is 20.5. The maximum absolute atomic E-state index is 5.94. The molecule has 29 heavy (non-hydrogen) atoms. The van der Waals surface area contributed by atoms with Crippen molar-refractivity contribution in [3.63, 3.8) is 0 Å². The number of aryl methyl sites for hydroxylation is 1. The van der Waals surface area contributed by atoms with Crippen molar-refractivity contribution in [2.45, 2.75) is 33.3 Å². The number of furan rings is 1. The molecule has 2 aromatic heterocycles. The third kappa shape index (κ3) is 6.38. The number of rotatable bonds is 9. The van der Waals surface area contributed by atoms with Crippen molar-refractivity contribution >= 4 is 5.96 Å². The van der Waals surface area contributed by atoms with Gasteiger partial charge in [-0.3, -0.25) is 5.10 Å². The predicted molar refractivity (Wildman–Crippen MR) is 113 cm³/mol. The largest absolute Gasteiger partial charge is 0.489 e. The van der Waals surface area contributed by atoms with Crippen LogP contribution >= 0.6 is 0 Å². The molecule has 1 aromatic carbocycles. The van der Waals surface area contributed by atoms with Crippen LogP contribution in [-0.4, -0.2) is 46.9 Å². The number of aliphatic imine (C=N–C) groups is 1. The van der Waals surface area contributed by atoms with Gasteiger partial charge in [-0.2, -0.15) is 5.10 Å². The minimum Gasteiger partial charge on any atom is -0.489 e. The Morgan fingerprint density at radius 2 is 2.17 bits per heavy atom. The van der Waals surface area contributed by atoms with E-state index in [1.165, 1.54) is 5.56 Å². The second-order valence-corrected chi connectivity index (χ2v) is 6.72. The number of hydrogen-bond donors (Lipinski definition) is 3. The number of aromatic nitrogens is 3. The van der Waals surface area contributed by atoms with E-state index in [2.05, 4.69) is 43.8 Å². The molecule has 154 valence electrons. The lowest BCUT2D eigenvalue weighted by molar-refractivity contribution is 0.230. The standard InChI is InChI=1S/C21H28N6O2/c1-4-22-21(24-14-16(3)29-17-8-5-7-15(2)13-17)23-11-10-19-25-20(27-26-19)18-9-6-12-28-18/h5-9,12-13,16H,4,10-11,14H2,1-3H3,(H2,22,23,24)(H,25,26,27). The minimum atomic E-state index is -0.0302. The molecular weight excluding hydrogens is 368 g/mol. The van der Waals surface area contributed by atoms with Crippen molar-refractivity contribution in [3.05, 3.63) is 54.0 Å². The summed E-state index contributed by atoms with van der Waals surface area (Å²) >= 11 is 0. The molecule has 0 radical (unpaired) electrons. The van der Waals surface area contributed by atoms with Crippen molar-refractivity contribution in [3.8, 4) is 17.3 Å².